The van der Waals surface area contributed by atoms with Crippen LogP contribution in [-0.4, -0.2) is 33.3 Å². The lowest BCUT2D eigenvalue weighted by molar-refractivity contribution is 0.262. The predicted octanol–water partition coefficient (Wildman–Crippen LogP) is 3.60. The van der Waals surface area contributed by atoms with Gasteiger partial charge in [0.15, 0.2) is 5.65 Å². The number of fused-ring (bicyclic) bond motifs is 1. The third kappa shape index (κ3) is 3.90. The zero-order chi connectivity index (χ0) is 19.3. The second kappa shape index (κ2) is 7.75. The number of H-pyrrole nitrogens is 1. The summed E-state index contributed by atoms with van der Waals surface area (Å²) < 4.78 is 5.15. The number of benzene rings is 2. The summed E-state index contributed by atoms with van der Waals surface area (Å²) in [6, 6.07) is 14.5. The molecule has 0 bridgehead atoms. The van der Waals surface area contributed by atoms with E-state index < -0.39 is 0 Å². The molecule has 28 heavy (non-hydrogen) atoms. The van der Waals surface area contributed by atoms with Crippen LogP contribution < -0.4 is 15.4 Å². The average Bonchev–Trinajstić information content (AvgIpc) is 3.19. The molecule has 2 aromatic heterocycles. The van der Waals surface area contributed by atoms with Gasteiger partial charge >= 0.3 is 6.03 Å². The molecular formula is C20H18N6O2. The molecule has 4 rings (SSSR count). The number of hydrogen-bond acceptors (Lipinski definition) is 5. The number of carbonyl (C=O) groups excluding carboxylic acids is 1. The first kappa shape index (κ1) is 17.5. The lowest BCUT2D eigenvalue weighted by Crippen LogP contribution is -2.19. The zero-order valence-corrected chi connectivity index (χ0v) is 15.1. The molecule has 4 aromatic rings. The van der Waals surface area contributed by atoms with Crippen molar-refractivity contribution in [2.24, 2.45) is 0 Å². The largest absolute Gasteiger partial charge is 0.497 e. The van der Waals surface area contributed by atoms with Gasteiger partial charge in [0.1, 0.15) is 12.1 Å². The molecule has 0 spiro atoms. The van der Waals surface area contributed by atoms with E-state index in [1.807, 2.05) is 36.4 Å². The molecule has 2 amide bonds. The van der Waals surface area contributed by atoms with Gasteiger partial charge in [-0.2, -0.15) is 5.10 Å². The number of hydrogen-bond donors (Lipinski definition) is 3. The summed E-state index contributed by atoms with van der Waals surface area (Å²) in [5.74, 6) is 0.679. The normalized spacial score (nSPS) is 10.6. The Balaban J connectivity index is 1.40. The van der Waals surface area contributed by atoms with Crippen molar-refractivity contribution in [3.8, 4) is 5.75 Å². The minimum Gasteiger partial charge on any atom is -0.497 e. The van der Waals surface area contributed by atoms with Crippen molar-refractivity contribution in [1.29, 1.82) is 0 Å². The third-order valence-electron chi connectivity index (χ3n) is 4.24. The Morgan fingerprint density at radius 2 is 1.89 bits per heavy atom. The van der Waals surface area contributed by atoms with Crippen LogP contribution in [0.4, 0.5) is 16.2 Å². The topological polar surface area (TPSA) is 105 Å². The number of aromatic amines is 1. The lowest BCUT2D eigenvalue weighted by Gasteiger charge is -2.09. The molecule has 8 heteroatoms. The fraction of sp³-hybridized carbons (Fsp3) is 0.100. The van der Waals surface area contributed by atoms with Gasteiger partial charge in [-0.3, -0.25) is 5.10 Å². The van der Waals surface area contributed by atoms with E-state index in [-0.39, 0.29) is 6.03 Å². The van der Waals surface area contributed by atoms with Crippen LogP contribution in [0.1, 0.15) is 11.3 Å². The first-order valence-corrected chi connectivity index (χ1v) is 8.65. The number of amides is 2. The highest BCUT2D eigenvalue weighted by atomic mass is 16.5. The molecule has 0 atom stereocenters. The fourth-order valence-electron chi connectivity index (χ4n) is 2.85. The van der Waals surface area contributed by atoms with E-state index in [1.165, 1.54) is 6.33 Å². The SMILES string of the molecule is COc1cccc(NC(=O)Nc2ccc(Cc3ncnc4[nH]ncc34)cc2)c1. The maximum absolute atomic E-state index is 12.2. The molecular weight excluding hydrogens is 356 g/mol. The van der Waals surface area contributed by atoms with Crippen LogP contribution >= 0.6 is 0 Å². The molecule has 0 aliphatic heterocycles. The summed E-state index contributed by atoms with van der Waals surface area (Å²) in [5, 5.41) is 13.3. The Bertz CT molecular complexity index is 1110. The number of ether oxygens (including phenoxy) is 1. The fourth-order valence-corrected chi connectivity index (χ4v) is 2.85. The quantitative estimate of drug-likeness (QED) is 0.495. The Morgan fingerprint density at radius 3 is 2.71 bits per heavy atom. The van der Waals surface area contributed by atoms with E-state index in [1.54, 1.807) is 25.4 Å². The van der Waals surface area contributed by atoms with Gasteiger partial charge in [0.25, 0.3) is 0 Å². The molecule has 0 unspecified atom stereocenters. The maximum atomic E-state index is 12.2. The highest BCUT2D eigenvalue weighted by molar-refractivity contribution is 5.99. The van der Waals surface area contributed by atoms with Crippen LogP contribution in [0.25, 0.3) is 11.0 Å². The summed E-state index contributed by atoms with van der Waals surface area (Å²) >= 11 is 0. The van der Waals surface area contributed by atoms with Crippen molar-refractivity contribution < 1.29 is 9.53 Å². The molecule has 0 saturated carbocycles. The molecule has 3 N–H and O–H groups in total. The number of nitrogens with zero attached hydrogens (tertiary/aromatic N) is 3. The van der Waals surface area contributed by atoms with E-state index in [0.717, 1.165) is 22.3 Å². The van der Waals surface area contributed by atoms with Gasteiger partial charge in [0.2, 0.25) is 0 Å². The van der Waals surface area contributed by atoms with Crippen molar-refractivity contribution in [2.75, 3.05) is 17.7 Å². The van der Waals surface area contributed by atoms with E-state index in [0.29, 0.717) is 23.5 Å². The Morgan fingerprint density at radius 1 is 1.07 bits per heavy atom. The summed E-state index contributed by atoms with van der Waals surface area (Å²) in [6.07, 6.45) is 3.90. The van der Waals surface area contributed by atoms with Crippen molar-refractivity contribution >= 4 is 28.4 Å². The molecule has 140 valence electrons. The van der Waals surface area contributed by atoms with Crippen LogP contribution in [0, 0.1) is 0 Å². The standard InChI is InChI=1S/C20H18N6O2/c1-28-16-4-2-3-15(10-16)25-20(27)24-14-7-5-13(6-8-14)9-18-17-11-23-26-19(17)22-12-21-18/h2-8,10-12H,9H2,1H3,(H2,24,25,27)(H,21,22,23,26). The van der Waals surface area contributed by atoms with E-state index in [2.05, 4.69) is 30.8 Å². The molecule has 2 heterocycles. The molecule has 8 nitrogen and oxygen atoms in total. The molecule has 0 aliphatic rings. The second-order valence-corrected chi connectivity index (χ2v) is 6.14. The highest BCUT2D eigenvalue weighted by Crippen LogP contribution is 2.19. The Kier molecular flexibility index (Phi) is 4.83. The van der Waals surface area contributed by atoms with E-state index in [9.17, 15) is 4.79 Å². The van der Waals surface area contributed by atoms with Gasteiger partial charge in [-0.1, -0.05) is 18.2 Å². The van der Waals surface area contributed by atoms with Gasteiger partial charge in [0, 0.05) is 23.9 Å². The summed E-state index contributed by atoms with van der Waals surface area (Å²) in [5.41, 5.74) is 4.04. The number of rotatable bonds is 5. The monoisotopic (exact) mass is 374 g/mol. The number of methoxy groups -OCH3 is 1. The average molecular weight is 374 g/mol. The zero-order valence-electron chi connectivity index (χ0n) is 15.1. The molecule has 0 saturated heterocycles. The first-order valence-electron chi connectivity index (χ1n) is 8.65. The highest BCUT2D eigenvalue weighted by Gasteiger charge is 2.07. The molecule has 2 aromatic carbocycles. The Labute approximate surface area is 161 Å². The first-order chi connectivity index (χ1) is 13.7. The van der Waals surface area contributed by atoms with Crippen LogP contribution in [0.2, 0.25) is 0 Å². The van der Waals surface area contributed by atoms with Gasteiger partial charge in [0.05, 0.1) is 24.4 Å². The van der Waals surface area contributed by atoms with Crippen LogP contribution in [0.3, 0.4) is 0 Å². The van der Waals surface area contributed by atoms with Crippen molar-refractivity contribution in [3.63, 3.8) is 0 Å². The summed E-state index contributed by atoms with van der Waals surface area (Å²) in [7, 11) is 1.58. The molecule has 0 aliphatic carbocycles. The van der Waals surface area contributed by atoms with Crippen molar-refractivity contribution in [3.05, 3.63) is 72.3 Å². The number of anilines is 2. The van der Waals surface area contributed by atoms with Crippen LogP contribution in [-0.2, 0) is 6.42 Å². The number of carbonyl (C=O) groups is 1. The second-order valence-electron chi connectivity index (χ2n) is 6.14. The number of aromatic nitrogens is 4. The van der Waals surface area contributed by atoms with E-state index in [4.69, 9.17) is 4.74 Å². The Hall–Kier alpha value is -3.94. The lowest BCUT2D eigenvalue weighted by atomic mass is 10.1. The van der Waals surface area contributed by atoms with Crippen LogP contribution in [0.5, 0.6) is 5.75 Å². The van der Waals surface area contributed by atoms with Gasteiger partial charge < -0.3 is 15.4 Å². The van der Waals surface area contributed by atoms with E-state index >= 15 is 0 Å². The molecule has 0 fully saturated rings. The third-order valence-corrected chi connectivity index (χ3v) is 4.24. The van der Waals surface area contributed by atoms with Crippen molar-refractivity contribution in [2.45, 2.75) is 6.42 Å². The summed E-state index contributed by atoms with van der Waals surface area (Å²) in [4.78, 5) is 20.7. The summed E-state index contributed by atoms with van der Waals surface area (Å²) in [6.45, 7) is 0. The maximum Gasteiger partial charge on any atom is 0.323 e. The number of nitrogens with one attached hydrogen (secondary N) is 3. The minimum atomic E-state index is -0.322. The molecule has 0 radical (unpaired) electrons. The smallest absolute Gasteiger partial charge is 0.323 e. The van der Waals surface area contributed by atoms with Gasteiger partial charge in [-0.05, 0) is 29.8 Å². The van der Waals surface area contributed by atoms with Gasteiger partial charge in [-0.15, -0.1) is 0 Å². The van der Waals surface area contributed by atoms with Crippen molar-refractivity contribution in [1.82, 2.24) is 20.2 Å². The van der Waals surface area contributed by atoms with Gasteiger partial charge in [-0.25, -0.2) is 14.8 Å². The number of urea groups is 1. The predicted molar refractivity (Wildman–Crippen MR) is 107 cm³/mol. The minimum absolute atomic E-state index is 0.322. The van der Waals surface area contributed by atoms with Crippen LogP contribution in [0.15, 0.2) is 61.1 Å².